The number of nitrogens with zero attached hydrogens (tertiary/aromatic N) is 4. The van der Waals surface area contributed by atoms with Gasteiger partial charge in [-0.2, -0.15) is 5.26 Å². The van der Waals surface area contributed by atoms with Gasteiger partial charge in [0.15, 0.2) is 17.2 Å². The highest BCUT2D eigenvalue weighted by atomic mass is 35.5. The largest absolute Gasteiger partial charge is 0.478 e. The van der Waals surface area contributed by atoms with E-state index in [0.29, 0.717) is 33.5 Å². The molecule has 0 atom stereocenters. The number of halogens is 3. The van der Waals surface area contributed by atoms with Crippen molar-refractivity contribution >= 4 is 23.2 Å². The first-order valence-electron chi connectivity index (χ1n) is 7.97. The SMILES string of the molecule is Cn1c(-c2ccc(C#N)cc2Cl)nnc1C(C)(C)Oc1ccc(F)cc1Cl. The molecule has 0 N–H and O–H groups in total. The van der Waals surface area contributed by atoms with Crippen LogP contribution in [0.2, 0.25) is 10.0 Å². The summed E-state index contributed by atoms with van der Waals surface area (Å²) in [5.74, 6) is 0.949. The Morgan fingerprint density at radius 2 is 1.85 bits per heavy atom. The van der Waals surface area contributed by atoms with E-state index in [1.807, 2.05) is 6.07 Å². The fourth-order valence-electron chi connectivity index (χ4n) is 2.73. The minimum atomic E-state index is -0.902. The van der Waals surface area contributed by atoms with Crippen LogP contribution in [0.15, 0.2) is 36.4 Å². The summed E-state index contributed by atoms with van der Waals surface area (Å²) in [6.07, 6.45) is 0. The lowest BCUT2D eigenvalue weighted by Crippen LogP contribution is -2.29. The van der Waals surface area contributed by atoms with E-state index >= 15 is 0 Å². The molecule has 0 aliphatic carbocycles. The number of benzene rings is 2. The average Bonchev–Trinajstić information content (AvgIpc) is 2.99. The Morgan fingerprint density at radius 1 is 1.11 bits per heavy atom. The number of nitriles is 1. The van der Waals surface area contributed by atoms with Gasteiger partial charge in [0.1, 0.15) is 11.6 Å². The molecule has 0 amide bonds. The third kappa shape index (κ3) is 3.75. The number of rotatable bonds is 4. The van der Waals surface area contributed by atoms with Crippen LogP contribution in [-0.2, 0) is 12.6 Å². The topological polar surface area (TPSA) is 63.7 Å². The van der Waals surface area contributed by atoms with Gasteiger partial charge in [0.05, 0.1) is 21.7 Å². The highest BCUT2D eigenvalue weighted by Gasteiger charge is 2.31. The minimum absolute atomic E-state index is 0.167. The molecular weight excluding hydrogens is 390 g/mol. The first kappa shape index (κ1) is 19.2. The molecule has 0 saturated heterocycles. The molecule has 3 aromatic rings. The molecule has 0 fully saturated rings. The zero-order chi connectivity index (χ0) is 19.8. The molecule has 27 heavy (non-hydrogen) atoms. The van der Waals surface area contributed by atoms with Crippen molar-refractivity contribution in [2.24, 2.45) is 7.05 Å². The maximum Gasteiger partial charge on any atom is 0.176 e. The van der Waals surface area contributed by atoms with Gasteiger partial charge in [-0.25, -0.2) is 4.39 Å². The molecule has 0 aliphatic rings. The Morgan fingerprint density at radius 3 is 2.48 bits per heavy atom. The lowest BCUT2D eigenvalue weighted by atomic mass is 10.1. The van der Waals surface area contributed by atoms with Crippen molar-refractivity contribution in [1.82, 2.24) is 14.8 Å². The third-order valence-electron chi connectivity index (χ3n) is 4.01. The van der Waals surface area contributed by atoms with Crippen molar-refractivity contribution in [3.8, 4) is 23.2 Å². The predicted octanol–water partition coefficient (Wildman–Crippen LogP) is 5.11. The molecule has 1 heterocycles. The lowest BCUT2D eigenvalue weighted by Gasteiger charge is -2.26. The van der Waals surface area contributed by atoms with Crippen LogP contribution in [-0.4, -0.2) is 14.8 Å². The Hall–Kier alpha value is -2.62. The molecule has 0 spiro atoms. The number of aromatic nitrogens is 3. The molecular formula is C19H15Cl2FN4O. The lowest BCUT2D eigenvalue weighted by molar-refractivity contribution is 0.0950. The monoisotopic (exact) mass is 404 g/mol. The normalized spacial score (nSPS) is 11.3. The first-order chi connectivity index (χ1) is 12.7. The Bertz CT molecular complexity index is 1060. The van der Waals surface area contributed by atoms with Crippen LogP contribution in [0, 0.1) is 17.1 Å². The Labute approximate surface area is 165 Å². The number of ether oxygens (including phenoxy) is 1. The van der Waals surface area contributed by atoms with Gasteiger partial charge in [0.25, 0.3) is 0 Å². The van der Waals surface area contributed by atoms with Crippen LogP contribution in [0.25, 0.3) is 11.4 Å². The first-order valence-corrected chi connectivity index (χ1v) is 8.72. The molecule has 0 unspecified atom stereocenters. The van der Waals surface area contributed by atoms with Gasteiger partial charge in [0.2, 0.25) is 0 Å². The molecule has 0 bridgehead atoms. The van der Waals surface area contributed by atoms with Crippen LogP contribution in [0.4, 0.5) is 4.39 Å². The Kier molecular flexibility index (Phi) is 5.09. The summed E-state index contributed by atoms with van der Waals surface area (Å²) in [7, 11) is 1.79. The molecule has 1 aromatic heterocycles. The van der Waals surface area contributed by atoms with Crippen molar-refractivity contribution in [2.45, 2.75) is 19.4 Å². The minimum Gasteiger partial charge on any atom is -0.478 e. The second-order valence-electron chi connectivity index (χ2n) is 6.40. The molecule has 5 nitrogen and oxygen atoms in total. The van der Waals surface area contributed by atoms with Crippen molar-refractivity contribution in [3.05, 3.63) is 63.6 Å². The van der Waals surface area contributed by atoms with E-state index in [0.717, 1.165) is 0 Å². The summed E-state index contributed by atoms with van der Waals surface area (Å²) < 4.78 is 21.0. The summed E-state index contributed by atoms with van der Waals surface area (Å²) in [5.41, 5.74) is 0.203. The Balaban J connectivity index is 1.97. The van der Waals surface area contributed by atoms with Crippen LogP contribution < -0.4 is 4.74 Å². The number of hydrogen-bond acceptors (Lipinski definition) is 4. The van der Waals surface area contributed by atoms with E-state index in [1.54, 1.807) is 43.7 Å². The van der Waals surface area contributed by atoms with Gasteiger partial charge in [-0.1, -0.05) is 23.2 Å². The zero-order valence-corrected chi connectivity index (χ0v) is 16.3. The summed E-state index contributed by atoms with van der Waals surface area (Å²) in [6.45, 7) is 3.61. The fraction of sp³-hybridized carbons (Fsp3) is 0.211. The standard InChI is InChI=1S/C19H15Cl2FN4O/c1-19(2,27-16-7-5-12(22)9-15(16)21)18-25-24-17(26(18)3)13-6-4-11(10-23)8-14(13)20/h4-9H,1-3H3. The third-order valence-corrected chi connectivity index (χ3v) is 4.62. The molecule has 0 aliphatic heterocycles. The smallest absolute Gasteiger partial charge is 0.176 e. The maximum atomic E-state index is 13.3. The molecule has 8 heteroatoms. The van der Waals surface area contributed by atoms with Crippen LogP contribution in [0.5, 0.6) is 5.75 Å². The van der Waals surface area contributed by atoms with Crippen molar-refractivity contribution < 1.29 is 9.13 Å². The molecule has 0 saturated carbocycles. The quantitative estimate of drug-likeness (QED) is 0.605. The van der Waals surface area contributed by atoms with Crippen molar-refractivity contribution in [1.29, 1.82) is 5.26 Å². The van der Waals surface area contributed by atoms with Crippen molar-refractivity contribution in [2.75, 3.05) is 0 Å². The van der Waals surface area contributed by atoms with Crippen LogP contribution >= 0.6 is 23.2 Å². The van der Waals surface area contributed by atoms with Crippen molar-refractivity contribution in [3.63, 3.8) is 0 Å². The summed E-state index contributed by atoms with van der Waals surface area (Å²) in [4.78, 5) is 0. The average molecular weight is 405 g/mol. The summed E-state index contributed by atoms with van der Waals surface area (Å²) in [5, 5.41) is 18.0. The maximum absolute atomic E-state index is 13.3. The van der Waals surface area contributed by atoms with Gasteiger partial charge in [0, 0.05) is 12.6 Å². The van der Waals surface area contributed by atoms with E-state index in [1.165, 1.54) is 18.2 Å². The predicted molar refractivity (Wildman–Crippen MR) is 101 cm³/mol. The van der Waals surface area contributed by atoms with E-state index in [4.69, 9.17) is 33.2 Å². The highest BCUT2D eigenvalue weighted by molar-refractivity contribution is 6.33. The molecule has 2 aromatic carbocycles. The van der Waals surface area contributed by atoms with E-state index in [9.17, 15) is 4.39 Å². The van der Waals surface area contributed by atoms with Gasteiger partial charge in [-0.15, -0.1) is 10.2 Å². The van der Waals surface area contributed by atoms with E-state index in [-0.39, 0.29) is 5.02 Å². The van der Waals surface area contributed by atoms with Gasteiger partial charge in [-0.05, 0) is 50.2 Å². The van der Waals surface area contributed by atoms with Gasteiger partial charge in [-0.3, -0.25) is 0 Å². The number of hydrogen-bond donors (Lipinski definition) is 0. The highest BCUT2D eigenvalue weighted by Crippen LogP contribution is 2.34. The summed E-state index contributed by atoms with van der Waals surface area (Å²) in [6, 6.07) is 10.9. The van der Waals surface area contributed by atoms with Crippen LogP contribution in [0.1, 0.15) is 25.2 Å². The second-order valence-corrected chi connectivity index (χ2v) is 7.21. The molecule has 138 valence electrons. The van der Waals surface area contributed by atoms with E-state index < -0.39 is 11.4 Å². The van der Waals surface area contributed by atoms with Gasteiger partial charge >= 0.3 is 0 Å². The molecule has 3 rings (SSSR count). The fourth-order valence-corrected chi connectivity index (χ4v) is 3.20. The summed E-state index contributed by atoms with van der Waals surface area (Å²) >= 11 is 12.3. The van der Waals surface area contributed by atoms with E-state index in [2.05, 4.69) is 10.2 Å². The molecule has 0 radical (unpaired) electrons. The van der Waals surface area contributed by atoms with Crippen LogP contribution in [0.3, 0.4) is 0 Å². The second kappa shape index (κ2) is 7.18. The van der Waals surface area contributed by atoms with Gasteiger partial charge < -0.3 is 9.30 Å². The zero-order valence-electron chi connectivity index (χ0n) is 14.8.